The third kappa shape index (κ3) is 2.71. The summed E-state index contributed by atoms with van der Waals surface area (Å²) < 4.78 is 3.45. The number of carbonyl (C=O) groups is 1. The van der Waals surface area contributed by atoms with E-state index in [1.807, 2.05) is 27.8 Å². The van der Waals surface area contributed by atoms with Crippen molar-refractivity contribution in [3.63, 3.8) is 0 Å². The van der Waals surface area contributed by atoms with E-state index in [2.05, 4.69) is 20.5 Å². The summed E-state index contributed by atoms with van der Waals surface area (Å²) >= 11 is 0. The highest BCUT2D eigenvalue weighted by molar-refractivity contribution is 6.12. The van der Waals surface area contributed by atoms with Crippen LogP contribution in [-0.2, 0) is 7.05 Å². The number of nitrogens with one attached hydrogen (secondary N) is 2. The second kappa shape index (κ2) is 5.82. The lowest BCUT2D eigenvalue weighted by Crippen LogP contribution is -2.18. The van der Waals surface area contributed by atoms with Gasteiger partial charge in [0.2, 0.25) is 5.56 Å². The molecule has 1 saturated carbocycles. The Morgan fingerprint density at radius 3 is 2.73 bits per heavy atom. The molecule has 0 spiro atoms. The maximum absolute atomic E-state index is 13.0. The first-order valence-electron chi connectivity index (χ1n) is 8.82. The Bertz CT molecular complexity index is 1070. The van der Waals surface area contributed by atoms with E-state index in [-0.39, 0.29) is 17.5 Å². The average Bonchev–Trinajstić information content (AvgIpc) is 3.27. The van der Waals surface area contributed by atoms with Crippen molar-refractivity contribution >= 4 is 22.6 Å². The van der Waals surface area contributed by atoms with Crippen molar-refractivity contribution in [1.82, 2.24) is 24.5 Å². The first-order chi connectivity index (χ1) is 12.3. The van der Waals surface area contributed by atoms with Gasteiger partial charge in [0.25, 0.3) is 5.91 Å². The highest BCUT2D eigenvalue weighted by atomic mass is 16.2. The van der Waals surface area contributed by atoms with Gasteiger partial charge in [-0.25, -0.2) is 4.68 Å². The number of H-pyrrole nitrogens is 1. The van der Waals surface area contributed by atoms with Crippen LogP contribution in [0.3, 0.4) is 0 Å². The fraction of sp³-hybridized carbons (Fsp3) is 0.444. The van der Waals surface area contributed by atoms with E-state index in [1.54, 1.807) is 15.6 Å². The normalized spacial score (nSPS) is 14.3. The van der Waals surface area contributed by atoms with Crippen molar-refractivity contribution < 1.29 is 4.79 Å². The topological polar surface area (TPSA) is 97.6 Å². The van der Waals surface area contributed by atoms with Gasteiger partial charge in [0.1, 0.15) is 5.65 Å². The van der Waals surface area contributed by atoms with Crippen LogP contribution in [0, 0.1) is 6.92 Å². The zero-order valence-electron chi connectivity index (χ0n) is 15.3. The molecule has 0 aliphatic heterocycles. The summed E-state index contributed by atoms with van der Waals surface area (Å²) in [5.74, 6) is 0.0959. The Morgan fingerprint density at radius 2 is 2.08 bits per heavy atom. The fourth-order valence-corrected chi connectivity index (χ4v) is 3.35. The highest BCUT2D eigenvalue weighted by Crippen LogP contribution is 2.42. The van der Waals surface area contributed by atoms with Gasteiger partial charge in [0, 0.05) is 31.3 Å². The Balaban J connectivity index is 1.79. The van der Waals surface area contributed by atoms with Crippen LogP contribution in [0.25, 0.3) is 11.0 Å². The molecule has 0 atom stereocenters. The summed E-state index contributed by atoms with van der Waals surface area (Å²) in [6.45, 7) is 5.80. The van der Waals surface area contributed by atoms with E-state index >= 15 is 0 Å². The lowest BCUT2D eigenvalue weighted by Gasteiger charge is -2.08. The summed E-state index contributed by atoms with van der Waals surface area (Å²) in [4.78, 5) is 27.9. The van der Waals surface area contributed by atoms with Gasteiger partial charge in [-0.15, -0.1) is 0 Å². The van der Waals surface area contributed by atoms with Gasteiger partial charge < -0.3 is 10.3 Å². The SMILES string of the molecule is Cc1nn(C(C)C)c2[nH]c(=O)cc(C(=O)Nc3cn(C)nc3C3CC3)c12. The molecule has 1 amide bonds. The summed E-state index contributed by atoms with van der Waals surface area (Å²) in [6, 6.07) is 1.41. The van der Waals surface area contributed by atoms with Crippen molar-refractivity contribution in [3.8, 4) is 0 Å². The molecule has 1 aliphatic carbocycles. The molecule has 136 valence electrons. The van der Waals surface area contributed by atoms with Gasteiger partial charge in [-0.1, -0.05) is 0 Å². The van der Waals surface area contributed by atoms with Crippen molar-refractivity contribution in [2.24, 2.45) is 7.05 Å². The zero-order valence-corrected chi connectivity index (χ0v) is 15.3. The molecule has 0 bridgehead atoms. The molecule has 0 aromatic carbocycles. The number of pyridine rings is 1. The third-order valence-corrected chi connectivity index (χ3v) is 4.68. The van der Waals surface area contributed by atoms with Crippen LogP contribution in [0.4, 0.5) is 5.69 Å². The summed E-state index contributed by atoms with van der Waals surface area (Å²) in [7, 11) is 1.84. The van der Waals surface area contributed by atoms with Gasteiger partial charge in [-0.2, -0.15) is 10.2 Å². The van der Waals surface area contributed by atoms with Crippen LogP contribution in [0.1, 0.15) is 60.4 Å². The number of aromatic nitrogens is 5. The van der Waals surface area contributed by atoms with E-state index in [4.69, 9.17) is 0 Å². The average molecular weight is 354 g/mol. The second-order valence-electron chi connectivity index (χ2n) is 7.22. The Labute approximate surface area is 150 Å². The van der Waals surface area contributed by atoms with Crippen LogP contribution in [0.15, 0.2) is 17.1 Å². The van der Waals surface area contributed by atoms with E-state index < -0.39 is 0 Å². The standard InChI is InChI=1S/C18H22N6O2/c1-9(2)24-17-15(10(3)21-24)12(7-14(25)20-17)18(26)19-13-8-23(4)22-16(13)11-5-6-11/h7-9,11H,5-6H2,1-4H3,(H,19,26)(H,20,25). The molecule has 4 rings (SSSR count). The second-order valence-corrected chi connectivity index (χ2v) is 7.22. The lowest BCUT2D eigenvalue weighted by atomic mass is 10.1. The van der Waals surface area contributed by atoms with Crippen LogP contribution in [0.5, 0.6) is 0 Å². The van der Waals surface area contributed by atoms with E-state index in [0.29, 0.717) is 33.9 Å². The summed E-state index contributed by atoms with van der Waals surface area (Å²) in [6.07, 6.45) is 3.99. The van der Waals surface area contributed by atoms with Crippen molar-refractivity contribution in [2.75, 3.05) is 5.32 Å². The molecule has 3 heterocycles. The Hall–Kier alpha value is -2.90. The number of nitrogens with zero attached hydrogens (tertiary/aromatic N) is 4. The largest absolute Gasteiger partial charge is 0.319 e. The minimum absolute atomic E-state index is 0.0694. The molecule has 26 heavy (non-hydrogen) atoms. The van der Waals surface area contributed by atoms with Gasteiger partial charge in [-0.05, 0) is 33.6 Å². The van der Waals surface area contributed by atoms with Crippen LogP contribution in [0.2, 0.25) is 0 Å². The molecule has 1 fully saturated rings. The van der Waals surface area contributed by atoms with Gasteiger partial charge in [0.15, 0.2) is 0 Å². The third-order valence-electron chi connectivity index (χ3n) is 4.68. The monoisotopic (exact) mass is 354 g/mol. The lowest BCUT2D eigenvalue weighted by molar-refractivity contribution is 0.102. The number of hydrogen-bond acceptors (Lipinski definition) is 4. The van der Waals surface area contributed by atoms with Gasteiger partial charge in [0.05, 0.1) is 28.0 Å². The molecule has 0 saturated heterocycles. The minimum atomic E-state index is -0.321. The fourth-order valence-electron chi connectivity index (χ4n) is 3.35. The van der Waals surface area contributed by atoms with Gasteiger partial charge in [-0.3, -0.25) is 14.3 Å². The number of rotatable bonds is 4. The molecular formula is C18H22N6O2. The predicted octanol–water partition coefficient (Wildman–Crippen LogP) is 2.48. The van der Waals surface area contributed by atoms with Crippen LogP contribution < -0.4 is 10.9 Å². The van der Waals surface area contributed by atoms with Crippen molar-refractivity contribution in [2.45, 2.75) is 45.6 Å². The predicted molar refractivity (Wildman–Crippen MR) is 98.6 cm³/mol. The molecule has 0 unspecified atom stereocenters. The van der Waals surface area contributed by atoms with E-state index in [1.165, 1.54) is 6.07 Å². The molecular weight excluding hydrogens is 332 g/mol. The zero-order chi connectivity index (χ0) is 18.6. The smallest absolute Gasteiger partial charge is 0.256 e. The molecule has 1 aliphatic rings. The molecule has 0 radical (unpaired) electrons. The quantitative estimate of drug-likeness (QED) is 0.752. The van der Waals surface area contributed by atoms with Crippen LogP contribution >= 0.6 is 0 Å². The van der Waals surface area contributed by atoms with Gasteiger partial charge >= 0.3 is 0 Å². The Morgan fingerprint density at radius 1 is 1.35 bits per heavy atom. The molecule has 2 N–H and O–H groups in total. The molecule has 8 nitrogen and oxygen atoms in total. The first-order valence-corrected chi connectivity index (χ1v) is 8.82. The molecule has 3 aromatic heterocycles. The molecule has 3 aromatic rings. The number of amides is 1. The van der Waals surface area contributed by atoms with Crippen molar-refractivity contribution in [3.05, 3.63) is 39.6 Å². The number of hydrogen-bond donors (Lipinski definition) is 2. The number of fused-ring (bicyclic) bond motifs is 1. The minimum Gasteiger partial charge on any atom is -0.319 e. The first kappa shape index (κ1) is 16.6. The maximum atomic E-state index is 13.0. The van der Waals surface area contributed by atoms with E-state index in [0.717, 1.165) is 18.5 Å². The number of carbonyl (C=O) groups excluding carboxylic acids is 1. The highest BCUT2D eigenvalue weighted by Gasteiger charge is 2.30. The molecule has 8 heteroatoms. The number of anilines is 1. The van der Waals surface area contributed by atoms with Crippen molar-refractivity contribution in [1.29, 1.82) is 0 Å². The number of aromatic amines is 1. The van der Waals surface area contributed by atoms with E-state index in [9.17, 15) is 9.59 Å². The summed E-state index contributed by atoms with van der Waals surface area (Å²) in [5.41, 5.74) is 2.92. The maximum Gasteiger partial charge on any atom is 0.256 e. The Kier molecular flexibility index (Phi) is 3.71. The van der Waals surface area contributed by atoms with Crippen LogP contribution in [-0.4, -0.2) is 30.5 Å². The summed E-state index contributed by atoms with van der Waals surface area (Å²) in [5, 5.41) is 12.6. The number of aryl methyl sites for hydroxylation is 2.